The molecule has 3 heteroatoms. The van der Waals surface area contributed by atoms with Crippen molar-refractivity contribution in [2.24, 2.45) is 7.05 Å². The molecule has 1 aromatic heterocycles. The van der Waals surface area contributed by atoms with Gasteiger partial charge in [-0.15, -0.1) is 0 Å². The van der Waals surface area contributed by atoms with Gasteiger partial charge in [0.2, 0.25) is 5.69 Å². The van der Waals surface area contributed by atoms with Crippen LogP contribution in [0.25, 0.3) is 11.3 Å². The Morgan fingerprint density at radius 1 is 0.875 bits per heavy atom. The zero-order valence-electron chi connectivity index (χ0n) is 14.6. The number of fused-ring (bicyclic) bond motifs is 2. The van der Waals surface area contributed by atoms with Crippen molar-refractivity contribution in [3.05, 3.63) is 66.4 Å². The predicted octanol–water partition coefficient (Wildman–Crippen LogP) is 3.41. The Labute approximate surface area is 144 Å². The molecular formula is C21H22NOSi+. The zero-order chi connectivity index (χ0) is 16.9. The molecule has 4 rings (SSSR count). The van der Waals surface area contributed by atoms with Crippen molar-refractivity contribution in [1.82, 2.24) is 0 Å². The van der Waals surface area contributed by atoms with E-state index in [9.17, 15) is 0 Å². The van der Waals surface area contributed by atoms with Crippen LogP contribution in [0.1, 0.15) is 5.56 Å². The molecule has 0 saturated carbocycles. The predicted molar refractivity (Wildman–Crippen MR) is 101 cm³/mol. The first-order valence-corrected chi connectivity index (χ1v) is 11.4. The van der Waals surface area contributed by atoms with Crippen molar-refractivity contribution in [3.8, 4) is 22.8 Å². The molecule has 24 heavy (non-hydrogen) atoms. The van der Waals surface area contributed by atoms with Crippen LogP contribution in [0, 0.1) is 6.92 Å². The van der Waals surface area contributed by atoms with Crippen LogP contribution in [-0.4, -0.2) is 8.07 Å². The summed E-state index contributed by atoms with van der Waals surface area (Å²) >= 11 is 0. The first-order valence-electron chi connectivity index (χ1n) is 8.36. The molecular weight excluding hydrogens is 310 g/mol. The molecule has 0 unspecified atom stereocenters. The Morgan fingerprint density at radius 3 is 2.42 bits per heavy atom. The third-order valence-corrected chi connectivity index (χ3v) is 8.61. The van der Waals surface area contributed by atoms with Gasteiger partial charge in [-0.1, -0.05) is 31.3 Å². The highest BCUT2D eigenvalue weighted by Crippen LogP contribution is 2.32. The highest BCUT2D eigenvalue weighted by Gasteiger charge is 2.37. The van der Waals surface area contributed by atoms with Gasteiger partial charge in [-0.05, 0) is 47.1 Å². The lowest BCUT2D eigenvalue weighted by Gasteiger charge is -2.33. The second-order valence-corrected chi connectivity index (χ2v) is 11.4. The van der Waals surface area contributed by atoms with E-state index in [0.717, 1.165) is 11.5 Å². The fourth-order valence-corrected chi connectivity index (χ4v) is 6.47. The first-order chi connectivity index (χ1) is 11.5. The lowest BCUT2D eigenvalue weighted by Crippen LogP contribution is -2.56. The van der Waals surface area contributed by atoms with E-state index in [-0.39, 0.29) is 0 Å². The second-order valence-electron chi connectivity index (χ2n) is 7.08. The largest absolute Gasteiger partial charge is 0.458 e. The van der Waals surface area contributed by atoms with E-state index < -0.39 is 8.07 Å². The Balaban J connectivity index is 1.95. The lowest BCUT2D eigenvalue weighted by atomic mass is 10.0. The summed E-state index contributed by atoms with van der Waals surface area (Å²) in [5.41, 5.74) is 3.78. The summed E-state index contributed by atoms with van der Waals surface area (Å²) in [6, 6.07) is 19.4. The number of aromatic nitrogens is 1. The number of pyridine rings is 1. The lowest BCUT2D eigenvalue weighted by molar-refractivity contribution is -0.660. The monoisotopic (exact) mass is 332 g/mol. The van der Waals surface area contributed by atoms with E-state index in [1.807, 2.05) is 0 Å². The molecule has 0 aliphatic carbocycles. The SMILES string of the molecule is Cc1cc2c(cc1-c1cccc[n+]1C)[Si](C)(C)c1ccccc1O2. The quantitative estimate of drug-likeness (QED) is 0.492. The molecule has 0 amide bonds. The number of hydrogen-bond donors (Lipinski definition) is 0. The maximum Gasteiger partial charge on any atom is 0.212 e. The fourth-order valence-electron chi connectivity index (χ4n) is 3.67. The highest BCUT2D eigenvalue weighted by molar-refractivity contribution is 7.01. The molecule has 0 bridgehead atoms. The molecule has 0 saturated heterocycles. The van der Waals surface area contributed by atoms with E-state index in [1.165, 1.54) is 27.2 Å². The van der Waals surface area contributed by atoms with Crippen molar-refractivity contribution < 1.29 is 9.30 Å². The van der Waals surface area contributed by atoms with Gasteiger partial charge >= 0.3 is 0 Å². The van der Waals surface area contributed by atoms with Crippen molar-refractivity contribution in [3.63, 3.8) is 0 Å². The Hall–Kier alpha value is -2.39. The first kappa shape index (κ1) is 15.2. The number of ether oxygens (including phenoxy) is 1. The molecule has 0 fully saturated rings. The number of para-hydroxylation sites is 1. The normalized spacial score (nSPS) is 14.5. The van der Waals surface area contributed by atoms with Gasteiger partial charge in [0.1, 0.15) is 26.6 Å². The molecule has 120 valence electrons. The standard InChI is InChI=1S/C21H22NOSi/c1-15-13-19-21(14-16(15)17-9-7-8-12-22(17)2)24(3,4)20-11-6-5-10-18(20)23-19/h5-14H,1-4H3/q+1. The summed E-state index contributed by atoms with van der Waals surface area (Å²) in [5, 5.41) is 2.76. The summed E-state index contributed by atoms with van der Waals surface area (Å²) in [4.78, 5) is 0. The molecule has 2 aromatic carbocycles. The van der Waals surface area contributed by atoms with E-state index in [0.29, 0.717) is 0 Å². The smallest absolute Gasteiger partial charge is 0.212 e. The summed E-state index contributed by atoms with van der Waals surface area (Å²) in [6.07, 6.45) is 2.10. The molecule has 2 nitrogen and oxygen atoms in total. The molecule has 2 heterocycles. The average molecular weight is 332 g/mol. The van der Waals surface area contributed by atoms with E-state index in [2.05, 4.69) is 92.4 Å². The van der Waals surface area contributed by atoms with Crippen LogP contribution in [0.15, 0.2) is 60.8 Å². The molecule has 0 radical (unpaired) electrons. The van der Waals surface area contributed by atoms with Gasteiger partial charge in [-0.3, -0.25) is 0 Å². The third-order valence-electron chi connectivity index (χ3n) is 5.11. The van der Waals surface area contributed by atoms with Gasteiger partial charge < -0.3 is 4.74 Å². The van der Waals surface area contributed by atoms with E-state index >= 15 is 0 Å². The molecule has 1 aliphatic rings. The van der Waals surface area contributed by atoms with Crippen molar-refractivity contribution in [2.75, 3.05) is 0 Å². The van der Waals surface area contributed by atoms with E-state index in [4.69, 9.17) is 4.74 Å². The fraction of sp³-hybridized carbons (Fsp3) is 0.190. The minimum absolute atomic E-state index is 1.03. The maximum absolute atomic E-state index is 6.24. The number of nitrogens with zero attached hydrogens (tertiary/aromatic N) is 1. The zero-order valence-corrected chi connectivity index (χ0v) is 15.6. The minimum atomic E-state index is -1.77. The van der Waals surface area contributed by atoms with Gasteiger partial charge in [-0.25, -0.2) is 4.57 Å². The van der Waals surface area contributed by atoms with Crippen LogP contribution < -0.4 is 19.7 Å². The van der Waals surface area contributed by atoms with Crippen LogP contribution in [0.4, 0.5) is 0 Å². The molecule has 0 spiro atoms. The second kappa shape index (κ2) is 5.31. The number of benzene rings is 2. The van der Waals surface area contributed by atoms with Crippen LogP contribution >= 0.6 is 0 Å². The number of aryl methyl sites for hydroxylation is 2. The average Bonchev–Trinajstić information content (AvgIpc) is 2.55. The molecule has 3 aromatic rings. The van der Waals surface area contributed by atoms with E-state index in [1.54, 1.807) is 0 Å². The topological polar surface area (TPSA) is 13.1 Å². The third kappa shape index (κ3) is 2.20. The minimum Gasteiger partial charge on any atom is -0.458 e. The van der Waals surface area contributed by atoms with Crippen molar-refractivity contribution in [1.29, 1.82) is 0 Å². The molecule has 0 atom stereocenters. The summed E-state index contributed by atoms with van der Waals surface area (Å²) in [5.74, 6) is 2.06. The van der Waals surface area contributed by atoms with Gasteiger partial charge in [0, 0.05) is 17.7 Å². The molecule has 0 N–H and O–H groups in total. The van der Waals surface area contributed by atoms with Crippen molar-refractivity contribution >= 4 is 18.4 Å². The number of rotatable bonds is 1. The van der Waals surface area contributed by atoms with Gasteiger partial charge in [-0.2, -0.15) is 0 Å². The Bertz CT molecular complexity index is 946. The summed E-state index contributed by atoms with van der Waals surface area (Å²) in [7, 11) is 0.329. The van der Waals surface area contributed by atoms with Crippen LogP contribution in [0.2, 0.25) is 13.1 Å². The Kier molecular flexibility index (Phi) is 3.36. The van der Waals surface area contributed by atoms with Gasteiger partial charge in [0.05, 0.1) is 0 Å². The van der Waals surface area contributed by atoms with Gasteiger partial charge in [0.25, 0.3) is 0 Å². The van der Waals surface area contributed by atoms with Gasteiger partial charge in [0.15, 0.2) is 6.20 Å². The van der Waals surface area contributed by atoms with Crippen LogP contribution in [0.3, 0.4) is 0 Å². The molecule has 1 aliphatic heterocycles. The maximum atomic E-state index is 6.24. The van der Waals surface area contributed by atoms with Crippen molar-refractivity contribution in [2.45, 2.75) is 20.0 Å². The summed E-state index contributed by atoms with van der Waals surface area (Å²) in [6.45, 7) is 7.00. The number of hydrogen-bond acceptors (Lipinski definition) is 1. The van der Waals surface area contributed by atoms with Crippen LogP contribution in [0.5, 0.6) is 11.5 Å². The Morgan fingerprint density at radius 2 is 1.62 bits per heavy atom. The summed E-state index contributed by atoms with van der Waals surface area (Å²) < 4.78 is 8.42. The highest BCUT2D eigenvalue weighted by atomic mass is 28.3. The van der Waals surface area contributed by atoms with Crippen LogP contribution in [-0.2, 0) is 7.05 Å².